The van der Waals surface area contributed by atoms with Crippen LogP contribution in [0, 0.1) is 0 Å². The third-order valence-corrected chi connectivity index (χ3v) is 4.14. The topological polar surface area (TPSA) is 21.3 Å². The zero-order valence-corrected chi connectivity index (χ0v) is 11.4. The van der Waals surface area contributed by atoms with E-state index in [0.29, 0.717) is 6.10 Å². The van der Waals surface area contributed by atoms with Crippen LogP contribution >= 0.6 is 27.5 Å². The van der Waals surface area contributed by atoms with Crippen molar-refractivity contribution in [2.75, 3.05) is 18.5 Å². The molecule has 0 saturated carbocycles. The zero-order chi connectivity index (χ0) is 11.4. The summed E-state index contributed by atoms with van der Waals surface area (Å²) in [5.41, 5.74) is 1.03. The minimum atomic E-state index is 0.333. The monoisotopic (exact) mass is 303 g/mol. The van der Waals surface area contributed by atoms with E-state index < -0.39 is 0 Å². The van der Waals surface area contributed by atoms with Crippen LogP contribution in [0.15, 0.2) is 22.7 Å². The lowest BCUT2D eigenvalue weighted by Gasteiger charge is -2.23. The lowest BCUT2D eigenvalue weighted by atomic mass is 10.1. The molecule has 1 aromatic carbocycles. The van der Waals surface area contributed by atoms with Gasteiger partial charge in [0.25, 0.3) is 0 Å². The van der Waals surface area contributed by atoms with E-state index in [0.717, 1.165) is 34.8 Å². The molecule has 88 valence electrons. The summed E-state index contributed by atoms with van der Waals surface area (Å²) in [5, 5.41) is 4.10. The van der Waals surface area contributed by atoms with Crippen LogP contribution in [-0.4, -0.2) is 19.3 Å². The van der Waals surface area contributed by atoms with Crippen LogP contribution in [-0.2, 0) is 4.74 Å². The Labute approximate surface area is 109 Å². The van der Waals surface area contributed by atoms with Crippen LogP contribution in [0.25, 0.3) is 0 Å². The van der Waals surface area contributed by atoms with Crippen molar-refractivity contribution in [3.63, 3.8) is 0 Å². The number of halogens is 2. The number of nitrogens with one attached hydrogen (secondary N) is 1. The first-order valence-electron chi connectivity index (χ1n) is 5.57. The molecule has 2 rings (SSSR count). The summed E-state index contributed by atoms with van der Waals surface area (Å²) in [6.45, 7) is 1.74. The Bertz CT molecular complexity index is 353. The maximum atomic E-state index is 6.02. The largest absolute Gasteiger partial charge is 0.381 e. The average molecular weight is 305 g/mol. The van der Waals surface area contributed by atoms with Gasteiger partial charge in [-0.15, -0.1) is 0 Å². The third kappa shape index (κ3) is 3.12. The van der Waals surface area contributed by atoms with Gasteiger partial charge < -0.3 is 10.1 Å². The minimum Gasteiger partial charge on any atom is -0.381 e. The predicted octanol–water partition coefficient (Wildman–Crippen LogP) is 4.08. The first kappa shape index (κ1) is 12.2. The molecular formula is C12H15BrClNO. The van der Waals surface area contributed by atoms with Crippen LogP contribution < -0.4 is 5.32 Å². The van der Waals surface area contributed by atoms with E-state index >= 15 is 0 Å². The van der Waals surface area contributed by atoms with Crippen LogP contribution in [0.5, 0.6) is 0 Å². The van der Waals surface area contributed by atoms with Gasteiger partial charge in [0.1, 0.15) is 0 Å². The van der Waals surface area contributed by atoms with Crippen molar-refractivity contribution in [1.29, 1.82) is 0 Å². The molecule has 1 atom stereocenters. The summed E-state index contributed by atoms with van der Waals surface area (Å²) in [6.07, 6.45) is 3.94. The van der Waals surface area contributed by atoms with Crippen molar-refractivity contribution in [3.8, 4) is 0 Å². The molecule has 1 fully saturated rings. The van der Waals surface area contributed by atoms with Gasteiger partial charge in [-0.1, -0.05) is 17.7 Å². The summed E-state index contributed by atoms with van der Waals surface area (Å²) in [6, 6.07) is 5.82. The molecule has 2 nitrogen and oxygen atoms in total. The Kier molecular flexibility index (Phi) is 4.50. The van der Waals surface area contributed by atoms with E-state index in [-0.39, 0.29) is 0 Å². The van der Waals surface area contributed by atoms with Crippen molar-refractivity contribution >= 4 is 33.2 Å². The number of anilines is 1. The van der Waals surface area contributed by atoms with Gasteiger partial charge in [-0.05, 0) is 47.3 Å². The van der Waals surface area contributed by atoms with Crippen molar-refractivity contribution in [3.05, 3.63) is 27.7 Å². The Morgan fingerprint density at radius 3 is 3.06 bits per heavy atom. The number of rotatable bonds is 3. The molecule has 1 N–H and O–H groups in total. The molecule has 1 aromatic rings. The highest BCUT2D eigenvalue weighted by atomic mass is 79.9. The summed E-state index contributed by atoms with van der Waals surface area (Å²) in [4.78, 5) is 0. The molecule has 1 aliphatic heterocycles. The number of ether oxygens (including phenoxy) is 1. The molecule has 1 saturated heterocycles. The van der Waals surface area contributed by atoms with Gasteiger partial charge in [0.15, 0.2) is 0 Å². The number of hydrogen-bond acceptors (Lipinski definition) is 2. The van der Waals surface area contributed by atoms with E-state index in [1.165, 1.54) is 12.8 Å². The molecule has 0 spiro atoms. The van der Waals surface area contributed by atoms with Gasteiger partial charge in [0.05, 0.1) is 21.3 Å². The van der Waals surface area contributed by atoms with E-state index in [1.807, 2.05) is 18.2 Å². The fourth-order valence-corrected chi connectivity index (χ4v) is 2.41. The predicted molar refractivity (Wildman–Crippen MR) is 71.2 cm³/mol. The molecule has 1 aliphatic rings. The molecule has 0 bridgehead atoms. The first-order valence-corrected chi connectivity index (χ1v) is 6.74. The van der Waals surface area contributed by atoms with Crippen molar-refractivity contribution in [2.45, 2.75) is 25.4 Å². The molecule has 0 aromatic heterocycles. The molecule has 16 heavy (non-hydrogen) atoms. The second-order valence-corrected chi connectivity index (χ2v) is 5.17. The van der Waals surface area contributed by atoms with Gasteiger partial charge in [-0.25, -0.2) is 0 Å². The maximum Gasteiger partial charge on any atom is 0.0747 e. The first-order chi connectivity index (χ1) is 7.77. The molecule has 4 heteroatoms. The fourth-order valence-electron chi connectivity index (χ4n) is 1.83. The minimum absolute atomic E-state index is 0.333. The third-order valence-electron chi connectivity index (χ3n) is 2.75. The summed E-state index contributed by atoms with van der Waals surface area (Å²) >= 11 is 9.49. The quantitative estimate of drug-likeness (QED) is 0.908. The summed E-state index contributed by atoms with van der Waals surface area (Å²) < 4.78 is 6.58. The maximum absolute atomic E-state index is 6.02. The number of benzene rings is 1. The molecule has 0 radical (unpaired) electrons. The van der Waals surface area contributed by atoms with Gasteiger partial charge >= 0.3 is 0 Å². The van der Waals surface area contributed by atoms with E-state index in [2.05, 4.69) is 21.2 Å². The Hall–Kier alpha value is -0.250. The van der Waals surface area contributed by atoms with Crippen LogP contribution in [0.2, 0.25) is 5.02 Å². The summed E-state index contributed by atoms with van der Waals surface area (Å²) in [7, 11) is 0. The number of hydrogen-bond donors (Lipinski definition) is 1. The smallest absolute Gasteiger partial charge is 0.0747 e. The van der Waals surface area contributed by atoms with Crippen LogP contribution in [0.3, 0.4) is 0 Å². The van der Waals surface area contributed by atoms with E-state index in [1.54, 1.807) is 0 Å². The average Bonchev–Trinajstić information content (AvgIpc) is 2.32. The second kappa shape index (κ2) is 5.89. The highest BCUT2D eigenvalue weighted by Gasteiger charge is 2.14. The normalized spacial score (nSPS) is 20.8. The molecule has 0 amide bonds. The highest BCUT2D eigenvalue weighted by molar-refractivity contribution is 9.10. The Morgan fingerprint density at radius 1 is 1.44 bits per heavy atom. The lowest BCUT2D eigenvalue weighted by molar-refractivity contribution is 0.0247. The van der Waals surface area contributed by atoms with Gasteiger partial charge in [0.2, 0.25) is 0 Å². The van der Waals surface area contributed by atoms with Crippen molar-refractivity contribution in [2.24, 2.45) is 0 Å². The second-order valence-electron chi connectivity index (χ2n) is 3.97. The Balaban J connectivity index is 1.91. The van der Waals surface area contributed by atoms with Crippen molar-refractivity contribution in [1.82, 2.24) is 0 Å². The summed E-state index contributed by atoms with van der Waals surface area (Å²) in [5.74, 6) is 0. The Morgan fingerprint density at radius 2 is 2.31 bits per heavy atom. The van der Waals surface area contributed by atoms with Gasteiger partial charge in [-0.2, -0.15) is 0 Å². The van der Waals surface area contributed by atoms with Crippen molar-refractivity contribution < 1.29 is 4.74 Å². The fraction of sp³-hybridized carbons (Fsp3) is 0.500. The van der Waals surface area contributed by atoms with Gasteiger partial charge in [-0.3, -0.25) is 0 Å². The van der Waals surface area contributed by atoms with E-state index in [9.17, 15) is 0 Å². The molecule has 1 heterocycles. The lowest BCUT2D eigenvalue weighted by Crippen LogP contribution is -2.27. The van der Waals surface area contributed by atoms with Crippen LogP contribution in [0.4, 0.5) is 5.69 Å². The van der Waals surface area contributed by atoms with Gasteiger partial charge in [0, 0.05) is 13.2 Å². The standard InChI is InChI=1S/C12H15BrClNO/c13-12-10(14)5-3-6-11(12)15-8-9-4-1-2-7-16-9/h3,5-6,9,15H,1-2,4,7-8H2. The molecule has 0 aliphatic carbocycles. The van der Waals surface area contributed by atoms with E-state index in [4.69, 9.17) is 16.3 Å². The molecular weight excluding hydrogens is 289 g/mol. The zero-order valence-electron chi connectivity index (χ0n) is 9.01. The van der Waals surface area contributed by atoms with Crippen LogP contribution in [0.1, 0.15) is 19.3 Å². The molecule has 1 unspecified atom stereocenters. The highest BCUT2D eigenvalue weighted by Crippen LogP contribution is 2.30. The SMILES string of the molecule is Clc1cccc(NCC2CCCCO2)c1Br.